The molecule has 0 saturated carbocycles. The predicted octanol–water partition coefficient (Wildman–Crippen LogP) is 2.13. The lowest BCUT2D eigenvalue weighted by molar-refractivity contribution is 0.215. The van der Waals surface area contributed by atoms with Crippen molar-refractivity contribution in [1.82, 2.24) is 9.29 Å². The van der Waals surface area contributed by atoms with Crippen molar-refractivity contribution in [2.24, 2.45) is 0 Å². The zero-order valence-corrected chi connectivity index (χ0v) is 19.9. The first kappa shape index (κ1) is 22.8. The number of hydrogen-bond acceptors (Lipinski definition) is 8. The highest BCUT2D eigenvalue weighted by atomic mass is 32.2. The molecule has 0 amide bonds. The monoisotopic (exact) mass is 481 g/mol. The van der Waals surface area contributed by atoms with Gasteiger partial charge in [-0.1, -0.05) is 0 Å². The maximum Gasteiger partial charge on any atom is 0.213 e. The van der Waals surface area contributed by atoms with Crippen molar-refractivity contribution < 1.29 is 26.3 Å². The molecule has 1 aromatic carbocycles. The van der Waals surface area contributed by atoms with E-state index < -0.39 is 19.9 Å². The van der Waals surface area contributed by atoms with Crippen LogP contribution in [-0.2, 0) is 19.9 Å². The molecule has 0 bridgehead atoms. The molecular formula is C21H27N3O6S2. The van der Waals surface area contributed by atoms with Crippen molar-refractivity contribution >= 4 is 31.2 Å². The fraction of sp³-hybridized carbons (Fsp3) is 0.476. The molecule has 2 aliphatic heterocycles. The smallest absolute Gasteiger partial charge is 0.213 e. The van der Waals surface area contributed by atoms with Gasteiger partial charge in [-0.3, -0.25) is 0 Å². The van der Waals surface area contributed by atoms with E-state index in [1.165, 1.54) is 4.31 Å². The molecule has 1 aromatic heterocycles. The summed E-state index contributed by atoms with van der Waals surface area (Å²) in [5, 5.41) is 0.0691. The first-order chi connectivity index (χ1) is 15.1. The Morgan fingerprint density at radius 1 is 1.19 bits per heavy atom. The Morgan fingerprint density at radius 3 is 2.66 bits per heavy atom. The van der Waals surface area contributed by atoms with Crippen LogP contribution >= 0.6 is 0 Å². The molecule has 1 unspecified atom stereocenters. The minimum absolute atomic E-state index is 0.0691. The SMILES string of the molecule is CCS(=O)(=O)N1CCC(Oc2ccc3c(c2)N(c2cnc(S(C)(=O)=O)c(C)c2)CCO3)C1. The van der Waals surface area contributed by atoms with E-state index in [2.05, 4.69) is 4.98 Å². The summed E-state index contributed by atoms with van der Waals surface area (Å²) in [6.07, 6.45) is 3.11. The predicted molar refractivity (Wildman–Crippen MR) is 121 cm³/mol. The van der Waals surface area contributed by atoms with Crippen molar-refractivity contribution in [3.63, 3.8) is 0 Å². The number of pyridine rings is 1. The van der Waals surface area contributed by atoms with Gasteiger partial charge in [-0.05, 0) is 44.0 Å². The molecule has 1 saturated heterocycles. The molecule has 0 aliphatic carbocycles. The lowest BCUT2D eigenvalue weighted by atomic mass is 10.2. The lowest BCUT2D eigenvalue weighted by Crippen LogP contribution is -2.32. The third kappa shape index (κ3) is 4.55. The number of ether oxygens (including phenoxy) is 2. The van der Waals surface area contributed by atoms with E-state index in [9.17, 15) is 16.8 Å². The summed E-state index contributed by atoms with van der Waals surface area (Å²) in [6, 6.07) is 7.31. The van der Waals surface area contributed by atoms with Crippen molar-refractivity contribution in [2.45, 2.75) is 31.4 Å². The Hall–Kier alpha value is -2.37. The minimum atomic E-state index is -3.40. The topological polar surface area (TPSA) is 106 Å². The van der Waals surface area contributed by atoms with Crippen LogP contribution in [0.3, 0.4) is 0 Å². The van der Waals surface area contributed by atoms with Gasteiger partial charge in [-0.25, -0.2) is 21.8 Å². The summed E-state index contributed by atoms with van der Waals surface area (Å²) in [4.78, 5) is 6.19. The van der Waals surface area contributed by atoms with Gasteiger partial charge in [-0.15, -0.1) is 0 Å². The fourth-order valence-electron chi connectivity index (χ4n) is 4.04. The molecule has 174 valence electrons. The number of sulfonamides is 1. The van der Waals surface area contributed by atoms with Crippen LogP contribution in [0.25, 0.3) is 0 Å². The first-order valence-corrected chi connectivity index (χ1v) is 13.9. The van der Waals surface area contributed by atoms with E-state index in [1.807, 2.05) is 23.1 Å². The summed E-state index contributed by atoms with van der Waals surface area (Å²) in [5.41, 5.74) is 2.13. The van der Waals surface area contributed by atoms with E-state index in [1.54, 1.807) is 26.1 Å². The Morgan fingerprint density at radius 2 is 1.97 bits per heavy atom. The molecule has 2 aromatic rings. The largest absolute Gasteiger partial charge is 0.490 e. The highest BCUT2D eigenvalue weighted by Gasteiger charge is 2.32. The maximum atomic E-state index is 12.1. The van der Waals surface area contributed by atoms with Gasteiger partial charge in [0.05, 0.1) is 36.4 Å². The lowest BCUT2D eigenvalue weighted by Gasteiger charge is -2.32. The number of nitrogens with zero attached hydrogens (tertiary/aromatic N) is 3. The zero-order chi connectivity index (χ0) is 23.1. The zero-order valence-electron chi connectivity index (χ0n) is 18.3. The third-order valence-corrected chi connectivity index (χ3v) is 8.62. The van der Waals surface area contributed by atoms with Gasteiger partial charge in [0.1, 0.15) is 24.2 Å². The molecular weight excluding hydrogens is 454 g/mol. The number of sulfone groups is 1. The molecule has 3 heterocycles. The number of anilines is 2. The van der Waals surface area contributed by atoms with Gasteiger partial charge >= 0.3 is 0 Å². The Kier molecular flexibility index (Phi) is 6.08. The minimum Gasteiger partial charge on any atom is -0.490 e. The summed E-state index contributed by atoms with van der Waals surface area (Å²) < 4.78 is 61.4. The van der Waals surface area contributed by atoms with E-state index in [-0.39, 0.29) is 16.9 Å². The normalized spacial score (nSPS) is 19.5. The highest BCUT2D eigenvalue weighted by Crippen LogP contribution is 2.40. The number of aromatic nitrogens is 1. The number of fused-ring (bicyclic) bond motifs is 1. The van der Waals surface area contributed by atoms with Gasteiger partial charge in [0.15, 0.2) is 14.9 Å². The van der Waals surface area contributed by atoms with Gasteiger partial charge < -0.3 is 14.4 Å². The van der Waals surface area contributed by atoms with Crippen molar-refractivity contribution in [2.75, 3.05) is 43.1 Å². The molecule has 2 aliphatic rings. The third-order valence-electron chi connectivity index (χ3n) is 5.64. The van der Waals surface area contributed by atoms with Crippen LogP contribution in [0.5, 0.6) is 11.5 Å². The van der Waals surface area contributed by atoms with Crippen LogP contribution in [0, 0.1) is 6.92 Å². The maximum absolute atomic E-state index is 12.1. The van der Waals surface area contributed by atoms with Gasteiger partial charge in [0.2, 0.25) is 10.0 Å². The van der Waals surface area contributed by atoms with Crippen LogP contribution in [0.1, 0.15) is 18.9 Å². The number of aryl methyl sites for hydroxylation is 1. The van der Waals surface area contributed by atoms with Crippen LogP contribution < -0.4 is 14.4 Å². The average Bonchev–Trinajstić information content (AvgIpc) is 3.21. The quantitative estimate of drug-likeness (QED) is 0.618. The van der Waals surface area contributed by atoms with Crippen molar-refractivity contribution in [3.05, 3.63) is 36.0 Å². The summed E-state index contributed by atoms with van der Waals surface area (Å²) in [5.74, 6) is 1.39. The van der Waals surface area contributed by atoms with E-state index in [0.29, 0.717) is 49.7 Å². The molecule has 4 rings (SSSR count). The molecule has 11 heteroatoms. The van der Waals surface area contributed by atoms with Gasteiger partial charge in [-0.2, -0.15) is 4.31 Å². The molecule has 0 spiro atoms. The molecule has 0 radical (unpaired) electrons. The Balaban J connectivity index is 1.58. The van der Waals surface area contributed by atoms with E-state index >= 15 is 0 Å². The molecule has 0 N–H and O–H groups in total. The van der Waals surface area contributed by atoms with Crippen molar-refractivity contribution in [3.8, 4) is 11.5 Å². The second-order valence-electron chi connectivity index (χ2n) is 8.00. The Labute approximate surface area is 188 Å². The molecule has 1 fully saturated rings. The van der Waals surface area contributed by atoms with Crippen LogP contribution in [0.4, 0.5) is 11.4 Å². The second kappa shape index (κ2) is 8.53. The fourth-order valence-corrected chi connectivity index (χ4v) is 6.07. The van der Waals surface area contributed by atoms with Crippen molar-refractivity contribution in [1.29, 1.82) is 0 Å². The highest BCUT2D eigenvalue weighted by molar-refractivity contribution is 7.90. The molecule has 32 heavy (non-hydrogen) atoms. The van der Waals surface area contributed by atoms with Crippen LogP contribution in [0.15, 0.2) is 35.5 Å². The van der Waals surface area contributed by atoms with E-state index in [4.69, 9.17) is 9.47 Å². The van der Waals surface area contributed by atoms with E-state index in [0.717, 1.165) is 17.6 Å². The first-order valence-electron chi connectivity index (χ1n) is 10.4. The number of rotatable bonds is 6. The number of benzene rings is 1. The summed E-state index contributed by atoms with van der Waals surface area (Å²) in [7, 11) is -6.62. The van der Waals surface area contributed by atoms with Gasteiger partial charge in [0.25, 0.3) is 0 Å². The standard InChI is InChI=1S/C21H27N3O6S2/c1-4-32(27,28)23-8-7-18(14-23)30-17-5-6-20-19(12-17)24(9-10-29-20)16-11-15(2)21(22-13-16)31(3,25)26/h5-6,11-13,18H,4,7-10,14H2,1-3H3. The molecule has 9 nitrogen and oxygen atoms in total. The average molecular weight is 482 g/mol. The number of hydrogen-bond donors (Lipinski definition) is 0. The van der Waals surface area contributed by atoms with Gasteiger partial charge in [0, 0.05) is 18.9 Å². The summed E-state index contributed by atoms with van der Waals surface area (Å²) in [6.45, 7) is 5.21. The van der Waals surface area contributed by atoms with Crippen LogP contribution in [0.2, 0.25) is 0 Å². The van der Waals surface area contributed by atoms with Crippen LogP contribution in [-0.4, -0.2) is 70.5 Å². The Bertz CT molecular complexity index is 1230. The summed E-state index contributed by atoms with van der Waals surface area (Å²) >= 11 is 0. The second-order valence-corrected chi connectivity index (χ2v) is 12.2. The molecule has 1 atom stereocenters.